The fourth-order valence-electron chi connectivity index (χ4n) is 2.22. The van der Waals surface area contributed by atoms with E-state index in [2.05, 4.69) is 46.1 Å². The number of benzene rings is 1. The summed E-state index contributed by atoms with van der Waals surface area (Å²) in [6.07, 6.45) is 3.92. The van der Waals surface area contributed by atoms with Gasteiger partial charge in [0, 0.05) is 12.6 Å². The average molecular weight is 288 g/mol. The molecule has 1 heterocycles. The van der Waals surface area contributed by atoms with Gasteiger partial charge in [0.25, 0.3) is 0 Å². The second-order valence-corrected chi connectivity index (χ2v) is 5.20. The lowest BCUT2D eigenvalue weighted by atomic mass is 10.1. The van der Waals surface area contributed by atoms with E-state index in [1.807, 2.05) is 12.1 Å². The summed E-state index contributed by atoms with van der Waals surface area (Å²) >= 11 is 0. The van der Waals surface area contributed by atoms with Gasteiger partial charge in [0.05, 0.1) is 13.7 Å². The van der Waals surface area contributed by atoms with E-state index in [1.54, 1.807) is 13.4 Å². The summed E-state index contributed by atoms with van der Waals surface area (Å²) < 4.78 is 7.23. The van der Waals surface area contributed by atoms with Gasteiger partial charge in [-0.15, -0.1) is 10.2 Å². The van der Waals surface area contributed by atoms with Gasteiger partial charge in [-0.3, -0.25) is 0 Å². The smallest absolute Gasteiger partial charge is 0.146 e. The fourth-order valence-corrected chi connectivity index (χ4v) is 2.22. The van der Waals surface area contributed by atoms with Crippen LogP contribution < -0.4 is 10.1 Å². The van der Waals surface area contributed by atoms with Gasteiger partial charge in [0.2, 0.25) is 0 Å². The Labute approximate surface area is 126 Å². The van der Waals surface area contributed by atoms with Crippen molar-refractivity contribution in [1.29, 1.82) is 0 Å². The van der Waals surface area contributed by atoms with Crippen LogP contribution in [0.3, 0.4) is 0 Å². The zero-order valence-electron chi connectivity index (χ0n) is 13.0. The number of hydrogen-bond acceptors (Lipinski definition) is 4. The molecule has 5 heteroatoms. The topological polar surface area (TPSA) is 52.0 Å². The van der Waals surface area contributed by atoms with Crippen LogP contribution in [0, 0.1) is 0 Å². The molecule has 2 aromatic rings. The first-order chi connectivity index (χ1) is 10.2. The van der Waals surface area contributed by atoms with Crippen molar-refractivity contribution in [2.75, 3.05) is 7.11 Å². The zero-order chi connectivity index (χ0) is 15.1. The molecule has 1 aromatic heterocycles. The minimum absolute atomic E-state index is 0.439. The Hall–Kier alpha value is -1.88. The summed E-state index contributed by atoms with van der Waals surface area (Å²) in [6.45, 7) is 5.97. The van der Waals surface area contributed by atoms with Crippen molar-refractivity contribution in [3.63, 3.8) is 0 Å². The molecule has 114 valence electrons. The first kappa shape index (κ1) is 15.5. The molecule has 0 spiro atoms. The van der Waals surface area contributed by atoms with E-state index in [-0.39, 0.29) is 0 Å². The van der Waals surface area contributed by atoms with Crippen molar-refractivity contribution in [1.82, 2.24) is 20.1 Å². The quantitative estimate of drug-likeness (QED) is 0.810. The highest BCUT2D eigenvalue weighted by Gasteiger charge is 2.06. The number of aryl methyl sites for hydroxylation is 2. The predicted octanol–water partition coefficient (Wildman–Crippen LogP) is 2.42. The third kappa shape index (κ3) is 4.56. The first-order valence-corrected chi connectivity index (χ1v) is 7.46. The molecule has 0 amide bonds. The summed E-state index contributed by atoms with van der Waals surface area (Å²) in [6, 6.07) is 8.71. The molecule has 0 saturated heterocycles. The largest absolute Gasteiger partial charge is 0.497 e. The summed E-state index contributed by atoms with van der Waals surface area (Å²) in [5.41, 5.74) is 1.33. The standard InChI is InChI=1S/C16H24N4O/c1-4-20-12-18-19-16(20)11-17-13(2)5-6-14-7-9-15(21-3)10-8-14/h7-10,12-13,17H,4-6,11H2,1-3H3. The van der Waals surface area contributed by atoms with E-state index in [9.17, 15) is 0 Å². The highest BCUT2D eigenvalue weighted by molar-refractivity contribution is 5.27. The van der Waals surface area contributed by atoms with Crippen molar-refractivity contribution in [3.05, 3.63) is 42.0 Å². The molecule has 0 aliphatic heterocycles. The number of rotatable bonds is 8. The molecule has 0 aliphatic rings. The van der Waals surface area contributed by atoms with Gasteiger partial charge in [0.15, 0.2) is 0 Å². The third-order valence-corrected chi connectivity index (χ3v) is 3.67. The number of nitrogens with one attached hydrogen (secondary N) is 1. The fraction of sp³-hybridized carbons (Fsp3) is 0.500. The first-order valence-electron chi connectivity index (χ1n) is 7.46. The summed E-state index contributed by atoms with van der Waals surface area (Å²) in [5, 5.41) is 11.6. The van der Waals surface area contributed by atoms with Crippen molar-refractivity contribution >= 4 is 0 Å². The van der Waals surface area contributed by atoms with Crippen molar-refractivity contribution < 1.29 is 4.74 Å². The monoisotopic (exact) mass is 288 g/mol. The van der Waals surface area contributed by atoms with Gasteiger partial charge in [-0.05, 0) is 44.4 Å². The maximum atomic E-state index is 5.17. The highest BCUT2D eigenvalue weighted by Crippen LogP contribution is 2.13. The van der Waals surface area contributed by atoms with Crippen LogP contribution >= 0.6 is 0 Å². The van der Waals surface area contributed by atoms with Crippen molar-refractivity contribution in [2.45, 2.75) is 45.8 Å². The van der Waals surface area contributed by atoms with Gasteiger partial charge < -0.3 is 14.6 Å². The Morgan fingerprint density at radius 1 is 1.29 bits per heavy atom. The van der Waals surface area contributed by atoms with Gasteiger partial charge in [-0.1, -0.05) is 12.1 Å². The van der Waals surface area contributed by atoms with Crippen LogP contribution in [0.1, 0.15) is 31.7 Å². The van der Waals surface area contributed by atoms with Crippen molar-refractivity contribution in [2.24, 2.45) is 0 Å². The minimum Gasteiger partial charge on any atom is -0.497 e. The van der Waals surface area contributed by atoms with Crippen LogP contribution in [0.4, 0.5) is 0 Å². The lowest BCUT2D eigenvalue weighted by Crippen LogP contribution is -2.27. The number of methoxy groups -OCH3 is 1. The maximum Gasteiger partial charge on any atom is 0.146 e. The molecule has 5 nitrogen and oxygen atoms in total. The molecule has 2 rings (SSSR count). The highest BCUT2D eigenvalue weighted by atomic mass is 16.5. The summed E-state index contributed by atoms with van der Waals surface area (Å²) in [5.74, 6) is 1.90. The summed E-state index contributed by atoms with van der Waals surface area (Å²) in [4.78, 5) is 0. The summed E-state index contributed by atoms with van der Waals surface area (Å²) in [7, 11) is 1.69. The lowest BCUT2D eigenvalue weighted by Gasteiger charge is -2.14. The number of aromatic nitrogens is 3. The Balaban J connectivity index is 1.75. The van der Waals surface area contributed by atoms with Crippen LogP contribution in [-0.4, -0.2) is 27.9 Å². The van der Waals surface area contributed by atoms with E-state index in [1.165, 1.54) is 5.56 Å². The predicted molar refractivity (Wildman–Crippen MR) is 83.3 cm³/mol. The number of ether oxygens (including phenoxy) is 1. The van der Waals surface area contributed by atoms with Gasteiger partial charge >= 0.3 is 0 Å². The maximum absolute atomic E-state index is 5.17. The van der Waals surface area contributed by atoms with E-state index < -0.39 is 0 Å². The van der Waals surface area contributed by atoms with E-state index >= 15 is 0 Å². The molecule has 0 saturated carbocycles. The molecule has 1 unspecified atom stereocenters. The van der Waals surface area contributed by atoms with Crippen LogP contribution in [0.2, 0.25) is 0 Å². The van der Waals surface area contributed by atoms with Crippen LogP contribution in [0.15, 0.2) is 30.6 Å². The molecule has 0 bridgehead atoms. The molecule has 0 aliphatic carbocycles. The minimum atomic E-state index is 0.439. The Kier molecular flexibility index (Phi) is 5.75. The molecular formula is C16H24N4O. The number of hydrogen-bond donors (Lipinski definition) is 1. The van der Waals surface area contributed by atoms with E-state index in [0.717, 1.165) is 37.5 Å². The van der Waals surface area contributed by atoms with Gasteiger partial charge in [-0.2, -0.15) is 0 Å². The second kappa shape index (κ2) is 7.78. The van der Waals surface area contributed by atoms with Gasteiger partial charge in [0.1, 0.15) is 17.9 Å². The SMILES string of the molecule is CCn1cnnc1CNC(C)CCc1ccc(OC)cc1. The molecule has 1 atom stereocenters. The lowest BCUT2D eigenvalue weighted by molar-refractivity contribution is 0.414. The molecular weight excluding hydrogens is 264 g/mol. The van der Waals surface area contributed by atoms with Crippen LogP contribution in [0.5, 0.6) is 5.75 Å². The molecule has 0 radical (unpaired) electrons. The van der Waals surface area contributed by atoms with E-state index in [4.69, 9.17) is 4.74 Å². The second-order valence-electron chi connectivity index (χ2n) is 5.20. The molecule has 0 fully saturated rings. The van der Waals surface area contributed by atoms with Crippen molar-refractivity contribution in [3.8, 4) is 5.75 Å². The Morgan fingerprint density at radius 2 is 2.05 bits per heavy atom. The molecule has 21 heavy (non-hydrogen) atoms. The zero-order valence-corrected chi connectivity index (χ0v) is 13.0. The normalized spacial score (nSPS) is 12.3. The Morgan fingerprint density at radius 3 is 2.71 bits per heavy atom. The van der Waals surface area contributed by atoms with Crippen LogP contribution in [0.25, 0.3) is 0 Å². The van der Waals surface area contributed by atoms with E-state index in [0.29, 0.717) is 6.04 Å². The third-order valence-electron chi connectivity index (χ3n) is 3.67. The molecule has 1 aromatic carbocycles. The van der Waals surface area contributed by atoms with Crippen LogP contribution in [-0.2, 0) is 19.5 Å². The average Bonchev–Trinajstić information content (AvgIpc) is 2.99. The number of nitrogens with zero attached hydrogens (tertiary/aromatic N) is 3. The van der Waals surface area contributed by atoms with Gasteiger partial charge in [-0.25, -0.2) is 0 Å². The molecule has 1 N–H and O–H groups in total. The Bertz CT molecular complexity index is 535.